The summed E-state index contributed by atoms with van der Waals surface area (Å²) in [5, 5.41) is 12.2. The molecule has 0 saturated carbocycles. The van der Waals surface area contributed by atoms with Gasteiger partial charge in [-0.15, -0.1) is 10.2 Å². The van der Waals surface area contributed by atoms with Crippen LogP contribution in [-0.2, 0) is 17.6 Å². The van der Waals surface area contributed by atoms with Gasteiger partial charge in [0.15, 0.2) is 11.5 Å². The minimum absolute atomic E-state index is 0.166. The van der Waals surface area contributed by atoms with E-state index in [0.717, 1.165) is 23.4 Å². The Bertz CT molecular complexity index is 677. The molecule has 0 aliphatic heterocycles. The van der Waals surface area contributed by atoms with E-state index in [-0.39, 0.29) is 12.3 Å². The minimum atomic E-state index is -0.177. The van der Waals surface area contributed by atoms with Gasteiger partial charge < -0.3 is 19.5 Å². The van der Waals surface area contributed by atoms with Gasteiger partial charge in [0.05, 0.1) is 27.8 Å². The fraction of sp³-hybridized carbons (Fsp3) is 0.438. The smallest absolute Gasteiger partial charge is 0.230 e. The van der Waals surface area contributed by atoms with Crippen LogP contribution in [-0.4, -0.2) is 37.4 Å². The number of amides is 1. The molecule has 1 amide bonds. The molecule has 0 aliphatic carbocycles. The van der Waals surface area contributed by atoms with Gasteiger partial charge in [-0.1, -0.05) is 18.3 Å². The Morgan fingerprint density at radius 2 is 1.79 bits per heavy atom. The number of ether oxygens (including phenoxy) is 3. The molecular weight excluding hydrogens is 330 g/mol. The molecule has 24 heavy (non-hydrogen) atoms. The van der Waals surface area contributed by atoms with Crippen LogP contribution in [0.1, 0.15) is 23.9 Å². The molecule has 1 aromatic carbocycles. The average molecular weight is 351 g/mol. The van der Waals surface area contributed by atoms with E-state index in [2.05, 4.69) is 22.4 Å². The van der Waals surface area contributed by atoms with Crippen LogP contribution in [0.2, 0.25) is 0 Å². The number of aromatic nitrogens is 2. The number of benzene rings is 1. The van der Waals surface area contributed by atoms with Gasteiger partial charge in [0, 0.05) is 6.42 Å². The van der Waals surface area contributed by atoms with E-state index < -0.39 is 0 Å². The predicted octanol–water partition coefficient (Wildman–Crippen LogP) is 2.70. The quantitative estimate of drug-likeness (QED) is 0.787. The number of hydrogen-bond donors (Lipinski definition) is 1. The summed E-state index contributed by atoms with van der Waals surface area (Å²) in [5.74, 6) is 1.35. The summed E-state index contributed by atoms with van der Waals surface area (Å²) in [4.78, 5) is 12.2. The number of anilines is 1. The van der Waals surface area contributed by atoms with Crippen LogP contribution in [0.25, 0.3) is 0 Å². The molecule has 0 aliphatic rings. The van der Waals surface area contributed by atoms with Gasteiger partial charge in [-0.25, -0.2) is 0 Å². The van der Waals surface area contributed by atoms with Crippen LogP contribution in [0.3, 0.4) is 0 Å². The van der Waals surface area contributed by atoms with Crippen molar-refractivity contribution in [1.29, 1.82) is 0 Å². The first kappa shape index (κ1) is 18.0. The maximum atomic E-state index is 12.2. The number of methoxy groups -OCH3 is 3. The Morgan fingerprint density at radius 1 is 1.12 bits per heavy atom. The van der Waals surface area contributed by atoms with Crippen LogP contribution in [0.4, 0.5) is 5.13 Å². The first-order valence-corrected chi connectivity index (χ1v) is 8.34. The van der Waals surface area contributed by atoms with Crippen LogP contribution in [0.15, 0.2) is 12.1 Å². The average Bonchev–Trinajstić information content (AvgIpc) is 3.01. The lowest BCUT2D eigenvalue weighted by molar-refractivity contribution is -0.115. The van der Waals surface area contributed by atoms with Gasteiger partial charge in [0.2, 0.25) is 16.8 Å². The highest BCUT2D eigenvalue weighted by molar-refractivity contribution is 7.15. The number of carbonyl (C=O) groups excluding carboxylic acids is 1. The molecule has 0 saturated heterocycles. The van der Waals surface area contributed by atoms with Crippen molar-refractivity contribution < 1.29 is 19.0 Å². The number of aryl methyl sites for hydroxylation is 1. The molecule has 0 fully saturated rings. The highest BCUT2D eigenvalue weighted by Gasteiger charge is 2.15. The third-order valence-corrected chi connectivity index (χ3v) is 4.16. The molecule has 2 rings (SSSR count). The molecule has 0 spiro atoms. The Morgan fingerprint density at radius 3 is 2.33 bits per heavy atom. The highest BCUT2D eigenvalue weighted by Crippen LogP contribution is 2.38. The van der Waals surface area contributed by atoms with Gasteiger partial charge in [-0.05, 0) is 24.1 Å². The summed E-state index contributed by atoms with van der Waals surface area (Å²) >= 11 is 1.39. The Labute approximate surface area is 145 Å². The monoisotopic (exact) mass is 351 g/mol. The maximum Gasteiger partial charge on any atom is 0.230 e. The lowest BCUT2D eigenvalue weighted by atomic mass is 10.1. The normalized spacial score (nSPS) is 10.3. The number of carbonyl (C=O) groups is 1. The summed E-state index contributed by atoms with van der Waals surface area (Å²) in [6.45, 7) is 2.07. The number of hydrogen-bond acceptors (Lipinski definition) is 7. The van der Waals surface area contributed by atoms with Crippen LogP contribution in [0.5, 0.6) is 17.2 Å². The van der Waals surface area contributed by atoms with Crippen LogP contribution >= 0.6 is 11.3 Å². The van der Waals surface area contributed by atoms with Crippen molar-refractivity contribution in [1.82, 2.24) is 10.2 Å². The molecular formula is C16H21N3O4S. The zero-order valence-electron chi connectivity index (χ0n) is 14.2. The molecule has 0 unspecified atom stereocenters. The summed E-state index contributed by atoms with van der Waals surface area (Å²) in [5.41, 5.74) is 0.750. The number of nitrogens with one attached hydrogen (secondary N) is 1. The van der Waals surface area contributed by atoms with Crippen molar-refractivity contribution >= 4 is 22.4 Å². The van der Waals surface area contributed by atoms with Gasteiger partial charge in [0.25, 0.3) is 0 Å². The largest absolute Gasteiger partial charge is 0.493 e. The van der Waals surface area contributed by atoms with Crippen molar-refractivity contribution in [2.45, 2.75) is 26.2 Å². The second kappa shape index (κ2) is 8.49. The Kier molecular flexibility index (Phi) is 6.36. The summed E-state index contributed by atoms with van der Waals surface area (Å²) in [6, 6.07) is 3.51. The van der Waals surface area contributed by atoms with Crippen molar-refractivity contribution in [3.63, 3.8) is 0 Å². The van der Waals surface area contributed by atoms with Crippen LogP contribution in [0, 0.1) is 0 Å². The lowest BCUT2D eigenvalue weighted by Crippen LogP contribution is -2.14. The first-order chi connectivity index (χ1) is 11.6. The molecule has 0 radical (unpaired) electrons. The number of nitrogens with zero attached hydrogens (tertiary/aromatic N) is 2. The van der Waals surface area contributed by atoms with E-state index in [1.54, 1.807) is 12.1 Å². The van der Waals surface area contributed by atoms with Gasteiger partial charge in [-0.2, -0.15) is 0 Å². The van der Waals surface area contributed by atoms with E-state index in [1.807, 2.05) is 0 Å². The van der Waals surface area contributed by atoms with E-state index in [4.69, 9.17) is 14.2 Å². The van der Waals surface area contributed by atoms with Crippen LogP contribution < -0.4 is 19.5 Å². The topological polar surface area (TPSA) is 82.6 Å². The third-order valence-electron chi connectivity index (χ3n) is 3.27. The second-order valence-corrected chi connectivity index (χ2v) is 6.07. The molecule has 7 nitrogen and oxygen atoms in total. The molecule has 8 heteroatoms. The molecule has 1 N–H and O–H groups in total. The van der Waals surface area contributed by atoms with Gasteiger partial charge in [-0.3, -0.25) is 4.79 Å². The molecule has 1 heterocycles. The Balaban J connectivity index is 2.10. The molecule has 0 atom stereocenters. The summed E-state index contributed by atoms with van der Waals surface area (Å²) in [7, 11) is 4.62. The van der Waals surface area contributed by atoms with E-state index >= 15 is 0 Å². The standard InChI is InChI=1S/C16H21N3O4S/c1-5-6-14-18-19-16(24-14)17-13(20)9-10-7-11(21-2)15(23-4)12(8-10)22-3/h7-8H,5-6,9H2,1-4H3,(H,17,19,20). The van der Waals surface area contributed by atoms with E-state index in [9.17, 15) is 4.79 Å². The molecule has 130 valence electrons. The zero-order chi connectivity index (χ0) is 17.5. The first-order valence-electron chi connectivity index (χ1n) is 7.52. The van der Waals surface area contributed by atoms with E-state index in [0.29, 0.717) is 22.4 Å². The van der Waals surface area contributed by atoms with Gasteiger partial charge >= 0.3 is 0 Å². The molecule has 1 aromatic heterocycles. The fourth-order valence-corrected chi connectivity index (χ4v) is 3.06. The summed E-state index contributed by atoms with van der Waals surface area (Å²) < 4.78 is 15.9. The molecule has 0 bridgehead atoms. The summed E-state index contributed by atoms with van der Waals surface area (Å²) in [6.07, 6.45) is 2.02. The Hall–Kier alpha value is -2.35. The zero-order valence-corrected chi connectivity index (χ0v) is 15.0. The van der Waals surface area contributed by atoms with Crippen molar-refractivity contribution in [2.24, 2.45) is 0 Å². The minimum Gasteiger partial charge on any atom is -0.493 e. The van der Waals surface area contributed by atoms with Gasteiger partial charge in [0.1, 0.15) is 5.01 Å². The second-order valence-electron chi connectivity index (χ2n) is 5.01. The third kappa shape index (κ3) is 4.35. The lowest BCUT2D eigenvalue weighted by Gasteiger charge is -2.13. The fourth-order valence-electron chi connectivity index (χ4n) is 2.21. The number of rotatable bonds is 8. The van der Waals surface area contributed by atoms with Crippen molar-refractivity contribution in [3.05, 3.63) is 22.7 Å². The van der Waals surface area contributed by atoms with Crippen molar-refractivity contribution in [2.75, 3.05) is 26.6 Å². The van der Waals surface area contributed by atoms with E-state index in [1.165, 1.54) is 32.7 Å². The maximum absolute atomic E-state index is 12.2. The predicted molar refractivity (Wildman–Crippen MR) is 92.3 cm³/mol. The SMILES string of the molecule is CCCc1nnc(NC(=O)Cc2cc(OC)c(OC)c(OC)c2)s1. The highest BCUT2D eigenvalue weighted by atomic mass is 32.1. The molecule has 2 aromatic rings. The van der Waals surface area contributed by atoms with Crippen molar-refractivity contribution in [3.8, 4) is 17.2 Å².